The van der Waals surface area contributed by atoms with Gasteiger partial charge in [-0.3, -0.25) is 4.72 Å². The third-order valence-corrected chi connectivity index (χ3v) is 3.33. The molecule has 0 spiro atoms. The Labute approximate surface area is 101 Å². The lowest BCUT2D eigenvalue weighted by atomic mass is 10.2. The summed E-state index contributed by atoms with van der Waals surface area (Å²) < 4.78 is 24.7. The van der Waals surface area contributed by atoms with E-state index in [2.05, 4.69) is 9.62 Å². The summed E-state index contributed by atoms with van der Waals surface area (Å²) >= 11 is 0. The van der Waals surface area contributed by atoms with Gasteiger partial charge in [-0.25, -0.2) is 8.42 Å². The van der Waals surface area contributed by atoms with Crippen LogP contribution in [-0.2, 0) is 10.0 Å². The third kappa shape index (κ3) is 3.03. The summed E-state index contributed by atoms with van der Waals surface area (Å²) in [4.78, 5) is 2.06. The Morgan fingerprint density at radius 3 is 2.53 bits per heavy atom. The first kappa shape index (κ1) is 12.0. The van der Waals surface area contributed by atoms with E-state index in [1.165, 1.54) is 6.07 Å². The minimum Gasteiger partial charge on any atom is -0.506 e. The van der Waals surface area contributed by atoms with Gasteiger partial charge in [-0.1, -0.05) is 0 Å². The van der Waals surface area contributed by atoms with E-state index in [0.29, 0.717) is 11.4 Å². The van der Waals surface area contributed by atoms with Crippen molar-refractivity contribution in [1.82, 2.24) is 0 Å². The molecular formula is C11H16N2O3S. The van der Waals surface area contributed by atoms with E-state index in [1.807, 2.05) is 0 Å². The molecular weight excluding hydrogens is 240 g/mol. The smallest absolute Gasteiger partial charge is 0.229 e. The Kier molecular flexibility index (Phi) is 3.15. The van der Waals surface area contributed by atoms with Gasteiger partial charge in [-0.05, 0) is 31.0 Å². The zero-order valence-electron chi connectivity index (χ0n) is 9.68. The van der Waals surface area contributed by atoms with Crippen LogP contribution in [-0.4, -0.2) is 32.9 Å². The second-order valence-electron chi connectivity index (χ2n) is 4.27. The molecule has 0 bridgehead atoms. The summed E-state index contributed by atoms with van der Waals surface area (Å²) in [6, 6.07) is 4.73. The molecule has 1 saturated heterocycles. The van der Waals surface area contributed by atoms with Crippen LogP contribution in [0.3, 0.4) is 0 Å². The van der Waals surface area contributed by atoms with Gasteiger partial charge in [-0.2, -0.15) is 0 Å². The fourth-order valence-corrected chi connectivity index (χ4v) is 2.57. The number of phenols is 1. The molecule has 5 nitrogen and oxygen atoms in total. The SMILES string of the molecule is CS(=O)(=O)Nc1ccc(O)c(N2CCCC2)c1. The van der Waals surface area contributed by atoms with E-state index in [4.69, 9.17) is 0 Å². The Hall–Kier alpha value is -1.43. The highest BCUT2D eigenvalue weighted by atomic mass is 32.2. The third-order valence-electron chi connectivity index (χ3n) is 2.73. The first-order chi connectivity index (χ1) is 7.96. The van der Waals surface area contributed by atoms with Crippen LogP contribution >= 0.6 is 0 Å². The second kappa shape index (κ2) is 4.44. The molecule has 0 aliphatic carbocycles. The van der Waals surface area contributed by atoms with Gasteiger partial charge in [0, 0.05) is 13.1 Å². The summed E-state index contributed by atoms with van der Waals surface area (Å²) in [7, 11) is -3.28. The number of nitrogens with one attached hydrogen (secondary N) is 1. The predicted octanol–water partition coefficient (Wildman–Crippen LogP) is 1.36. The van der Waals surface area contributed by atoms with Crippen LogP contribution in [0.4, 0.5) is 11.4 Å². The Morgan fingerprint density at radius 1 is 1.29 bits per heavy atom. The molecule has 0 amide bonds. The number of sulfonamides is 1. The normalized spacial score (nSPS) is 16.2. The van der Waals surface area contributed by atoms with Crippen molar-refractivity contribution in [1.29, 1.82) is 0 Å². The van der Waals surface area contributed by atoms with Crippen LogP contribution in [0.15, 0.2) is 18.2 Å². The van der Waals surface area contributed by atoms with Crippen molar-refractivity contribution in [2.24, 2.45) is 0 Å². The molecule has 1 heterocycles. The van der Waals surface area contributed by atoms with E-state index < -0.39 is 10.0 Å². The number of hydrogen-bond donors (Lipinski definition) is 2. The second-order valence-corrected chi connectivity index (χ2v) is 6.02. The highest BCUT2D eigenvalue weighted by molar-refractivity contribution is 7.92. The first-order valence-electron chi connectivity index (χ1n) is 5.51. The van der Waals surface area contributed by atoms with Crippen molar-refractivity contribution in [2.75, 3.05) is 29.0 Å². The van der Waals surface area contributed by atoms with Gasteiger partial charge in [0.15, 0.2) is 0 Å². The lowest BCUT2D eigenvalue weighted by molar-refractivity contribution is 0.475. The average molecular weight is 256 g/mol. The van der Waals surface area contributed by atoms with Crippen LogP contribution in [0.2, 0.25) is 0 Å². The van der Waals surface area contributed by atoms with Crippen LogP contribution in [0.25, 0.3) is 0 Å². The minimum atomic E-state index is -3.28. The largest absolute Gasteiger partial charge is 0.506 e. The summed E-state index contributed by atoms with van der Waals surface area (Å²) in [5.74, 6) is 0.186. The number of nitrogens with zero attached hydrogens (tertiary/aromatic N) is 1. The standard InChI is InChI=1S/C11H16N2O3S/c1-17(15,16)12-9-4-5-11(14)10(8-9)13-6-2-3-7-13/h4-5,8,12,14H,2-3,6-7H2,1H3. The minimum absolute atomic E-state index is 0.186. The number of rotatable bonds is 3. The topological polar surface area (TPSA) is 69.6 Å². The van der Waals surface area contributed by atoms with Crippen LogP contribution in [0.1, 0.15) is 12.8 Å². The molecule has 0 atom stereocenters. The van der Waals surface area contributed by atoms with Crippen LogP contribution in [0, 0.1) is 0 Å². The molecule has 2 N–H and O–H groups in total. The zero-order chi connectivity index (χ0) is 12.5. The Balaban J connectivity index is 2.29. The first-order valence-corrected chi connectivity index (χ1v) is 7.40. The number of benzene rings is 1. The van der Waals surface area contributed by atoms with Crippen molar-refractivity contribution in [3.63, 3.8) is 0 Å². The molecule has 1 aromatic carbocycles. The average Bonchev–Trinajstić information content (AvgIpc) is 2.72. The van der Waals surface area contributed by atoms with Crippen molar-refractivity contribution < 1.29 is 13.5 Å². The van der Waals surface area contributed by atoms with E-state index >= 15 is 0 Å². The van der Waals surface area contributed by atoms with Gasteiger partial charge in [0.05, 0.1) is 17.6 Å². The number of aromatic hydroxyl groups is 1. The molecule has 0 saturated carbocycles. The van der Waals surface area contributed by atoms with Crippen molar-refractivity contribution in [2.45, 2.75) is 12.8 Å². The molecule has 1 aliphatic heterocycles. The van der Waals surface area contributed by atoms with Gasteiger partial charge in [0.1, 0.15) is 5.75 Å². The van der Waals surface area contributed by atoms with Crippen molar-refractivity contribution in [3.8, 4) is 5.75 Å². The molecule has 1 fully saturated rings. The fraction of sp³-hybridized carbons (Fsp3) is 0.455. The molecule has 0 radical (unpaired) electrons. The highest BCUT2D eigenvalue weighted by Gasteiger charge is 2.16. The molecule has 0 unspecified atom stereocenters. The van der Waals surface area contributed by atoms with Crippen molar-refractivity contribution in [3.05, 3.63) is 18.2 Å². The predicted molar refractivity (Wildman–Crippen MR) is 68.0 cm³/mol. The number of phenolic OH excluding ortho intramolecular Hbond substituents is 1. The summed E-state index contributed by atoms with van der Waals surface area (Å²) in [6.45, 7) is 1.80. The quantitative estimate of drug-likeness (QED) is 0.801. The van der Waals surface area contributed by atoms with Crippen molar-refractivity contribution >= 4 is 21.4 Å². The van der Waals surface area contributed by atoms with Gasteiger partial charge < -0.3 is 10.0 Å². The van der Waals surface area contributed by atoms with Crippen LogP contribution in [0.5, 0.6) is 5.75 Å². The van der Waals surface area contributed by atoms with Gasteiger partial charge >= 0.3 is 0 Å². The van der Waals surface area contributed by atoms with Gasteiger partial charge in [0.25, 0.3) is 0 Å². The zero-order valence-corrected chi connectivity index (χ0v) is 10.5. The molecule has 2 rings (SSSR count). The maximum Gasteiger partial charge on any atom is 0.229 e. The molecule has 94 valence electrons. The molecule has 1 aromatic rings. The molecule has 6 heteroatoms. The summed E-state index contributed by atoms with van der Waals surface area (Å²) in [5, 5.41) is 9.77. The Bertz CT molecular complexity index is 507. The summed E-state index contributed by atoms with van der Waals surface area (Å²) in [6.07, 6.45) is 3.31. The summed E-state index contributed by atoms with van der Waals surface area (Å²) in [5.41, 5.74) is 1.17. The lowest BCUT2D eigenvalue weighted by Gasteiger charge is -2.19. The van der Waals surface area contributed by atoms with E-state index in [1.54, 1.807) is 12.1 Å². The highest BCUT2D eigenvalue weighted by Crippen LogP contribution is 2.32. The number of anilines is 2. The van der Waals surface area contributed by atoms with E-state index in [0.717, 1.165) is 32.2 Å². The van der Waals surface area contributed by atoms with Gasteiger partial charge in [-0.15, -0.1) is 0 Å². The molecule has 0 aromatic heterocycles. The van der Waals surface area contributed by atoms with Crippen LogP contribution < -0.4 is 9.62 Å². The monoisotopic (exact) mass is 256 g/mol. The van der Waals surface area contributed by atoms with E-state index in [9.17, 15) is 13.5 Å². The maximum absolute atomic E-state index is 11.1. The molecule has 17 heavy (non-hydrogen) atoms. The lowest BCUT2D eigenvalue weighted by Crippen LogP contribution is -2.18. The number of hydrogen-bond acceptors (Lipinski definition) is 4. The van der Waals surface area contributed by atoms with E-state index in [-0.39, 0.29) is 5.75 Å². The van der Waals surface area contributed by atoms with Gasteiger partial charge in [0.2, 0.25) is 10.0 Å². The fourth-order valence-electron chi connectivity index (χ4n) is 2.01. The Morgan fingerprint density at radius 2 is 1.94 bits per heavy atom. The molecule has 1 aliphatic rings. The maximum atomic E-state index is 11.1.